The Morgan fingerprint density at radius 1 is 0.696 bits per heavy atom. The van der Waals surface area contributed by atoms with Crippen molar-refractivity contribution in [2.75, 3.05) is 11.5 Å². The average Bonchev–Trinajstić information content (AvgIpc) is 2.41. The molecular formula is C14H12Br4N2O2S. The Labute approximate surface area is 168 Å². The van der Waals surface area contributed by atoms with Gasteiger partial charge in [0.15, 0.2) is 9.84 Å². The van der Waals surface area contributed by atoms with Crippen molar-refractivity contribution in [1.82, 2.24) is 0 Å². The quantitative estimate of drug-likeness (QED) is 0.489. The highest BCUT2D eigenvalue weighted by atomic mass is 79.9. The number of nitrogens with two attached hydrogens (primary N) is 2. The number of halogens is 4. The van der Waals surface area contributed by atoms with E-state index < -0.39 is 9.84 Å². The fraction of sp³-hybridized carbons (Fsp3) is 0.143. The van der Waals surface area contributed by atoms with Gasteiger partial charge in [0, 0.05) is 17.9 Å². The summed E-state index contributed by atoms with van der Waals surface area (Å²) in [6.45, 7) is 0. The molecule has 2 rings (SSSR count). The molecule has 4 nitrogen and oxygen atoms in total. The van der Waals surface area contributed by atoms with E-state index in [4.69, 9.17) is 11.5 Å². The second-order valence-corrected chi connectivity index (χ2v) is 10.5. The largest absolute Gasteiger partial charge is 0.397 e. The summed E-state index contributed by atoms with van der Waals surface area (Å²) in [6.07, 6.45) is 0. The van der Waals surface area contributed by atoms with Crippen molar-refractivity contribution in [2.45, 2.75) is 11.5 Å². The molecule has 0 heterocycles. The van der Waals surface area contributed by atoms with Gasteiger partial charge in [-0.3, -0.25) is 0 Å². The zero-order valence-corrected chi connectivity index (χ0v) is 18.8. The molecule has 124 valence electrons. The molecule has 23 heavy (non-hydrogen) atoms. The van der Waals surface area contributed by atoms with Gasteiger partial charge in [0.1, 0.15) is 0 Å². The maximum atomic E-state index is 12.5. The minimum atomic E-state index is -3.35. The first-order chi connectivity index (χ1) is 10.6. The summed E-state index contributed by atoms with van der Waals surface area (Å²) in [5.74, 6) is -0.159. The van der Waals surface area contributed by atoms with Crippen molar-refractivity contribution < 1.29 is 8.42 Å². The standard InChI is InChI=1S/C14H12Br4N2O2S/c15-9-1-7(2-10(16)13(9)19)5-23(21,22)6-8-3-11(17)14(20)12(18)4-8/h1-4H,5-6,19-20H2. The maximum Gasteiger partial charge on any atom is 0.158 e. The Bertz CT molecular complexity index is 758. The number of hydrogen-bond donors (Lipinski definition) is 2. The first kappa shape index (κ1) is 19.2. The molecule has 2 aromatic carbocycles. The van der Waals surface area contributed by atoms with Crippen molar-refractivity contribution in [3.63, 3.8) is 0 Å². The lowest BCUT2D eigenvalue weighted by Crippen LogP contribution is -2.08. The lowest BCUT2D eigenvalue weighted by Gasteiger charge is -2.10. The third-order valence-electron chi connectivity index (χ3n) is 3.05. The second kappa shape index (κ2) is 7.43. The molecular weight excluding hydrogens is 580 g/mol. The second-order valence-electron chi connectivity index (χ2n) is 4.98. The summed E-state index contributed by atoms with van der Waals surface area (Å²) in [4.78, 5) is 0. The molecule has 0 radical (unpaired) electrons. The Balaban J connectivity index is 2.26. The highest BCUT2D eigenvalue weighted by Gasteiger charge is 2.16. The van der Waals surface area contributed by atoms with Crippen LogP contribution in [0.15, 0.2) is 42.2 Å². The lowest BCUT2D eigenvalue weighted by molar-refractivity contribution is 0.594. The number of hydrogen-bond acceptors (Lipinski definition) is 4. The Hall–Kier alpha value is -0.0900. The van der Waals surface area contributed by atoms with Gasteiger partial charge in [-0.25, -0.2) is 8.42 Å². The van der Waals surface area contributed by atoms with Gasteiger partial charge >= 0.3 is 0 Å². The van der Waals surface area contributed by atoms with Crippen LogP contribution in [0.4, 0.5) is 11.4 Å². The summed E-state index contributed by atoms with van der Waals surface area (Å²) in [5, 5.41) is 0. The van der Waals surface area contributed by atoms with Crippen LogP contribution in [0.2, 0.25) is 0 Å². The van der Waals surface area contributed by atoms with Gasteiger partial charge in [0.2, 0.25) is 0 Å². The molecule has 0 amide bonds. The van der Waals surface area contributed by atoms with Crippen LogP contribution in [-0.2, 0) is 21.3 Å². The Morgan fingerprint density at radius 2 is 0.957 bits per heavy atom. The van der Waals surface area contributed by atoms with Crippen LogP contribution in [0.1, 0.15) is 11.1 Å². The van der Waals surface area contributed by atoms with Gasteiger partial charge in [-0.2, -0.15) is 0 Å². The van der Waals surface area contributed by atoms with Crippen molar-refractivity contribution in [3.05, 3.63) is 53.3 Å². The van der Waals surface area contributed by atoms with Gasteiger partial charge in [-0.05, 0) is 99.1 Å². The molecule has 0 aliphatic rings. The molecule has 0 unspecified atom stereocenters. The van der Waals surface area contributed by atoms with Gasteiger partial charge in [-0.1, -0.05) is 0 Å². The van der Waals surface area contributed by atoms with E-state index >= 15 is 0 Å². The fourth-order valence-corrected chi connectivity index (χ4v) is 6.01. The third kappa shape index (κ3) is 4.94. The topological polar surface area (TPSA) is 86.2 Å². The van der Waals surface area contributed by atoms with Crippen LogP contribution in [0, 0.1) is 0 Å². The maximum absolute atomic E-state index is 12.5. The molecule has 0 bridgehead atoms. The average molecular weight is 592 g/mol. The van der Waals surface area contributed by atoms with Crippen molar-refractivity contribution in [3.8, 4) is 0 Å². The van der Waals surface area contributed by atoms with Crippen LogP contribution in [0.5, 0.6) is 0 Å². The molecule has 0 atom stereocenters. The van der Waals surface area contributed by atoms with Gasteiger partial charge in [0.25, 0.3) is 0 Å². The SMILES string of the molecule is Nc1c(Br)cc(CS(=O)(=O)Cc2cc(Br)c(N)c(Br)c2)cc1Br. The zero-order valence-electron chi connectivity index (χ0n) is 11.6. The van der Waals surface area contributed by atoms with Crippen molar-refractivity contribution in [2.24, 2.45) is 0 Å². The van der Waals surface area contributed by atoms with Crippen LogP contribution < -0.4 is 11.5 Å². The molecule has 9 heteroatoms. The molecule has 0 saturated carbocycles. The first-order valence-corrected chi connectivity index (χ1v) is 11.3. The van der Waals surface area contributed by atoms with E-state index in [-0.39, 0.29) is 11.5 Å². The molecule has 0 fully saturated rings. The summed E-state index contributed by atoms with van der Waals surface area (Å²) >= 11 is 13.3. The number of sulfone groups is 1. The number of nitrogen functional groups attached to an aromatic ring is 2. The van der Waals surface area contributed by atoms with E-state index in [2.05, 4.69) is 63.7 Å². The van der Waals surface area contributed by atoms with E-state index in [1.165, 1.54) is 0 Å². The van der Waals surface area contributed by atoms with Crippen LogP contribution in [0.3, 0.4) is 0 Å². The lowest BCUT2D eigenvalue weighted by atomic mass is 10.2. The molecule has 0 saturated heterocycles. The summed E-state index contributed by atoms with van der Waals surface area (Å²) in [6, 6.07) is 6.86. The van der Waals surface area contributed by atoms with Crippen LogP contribution in [-0.4, -0.2) is 8.42 Å². The minimum Gasteiger partial charge on any atom is -0.397 e. The predicted molar refractivity (Wildman–Crippen MR) is 109 cm³/mol. The molecule has 2 aromatic rings. The van der Waals surface area contributed by atoms with Crippen LogP contribution in [0.25, 0.3) is 0 Å². The predicted octanol–water partition coefficient (Wildman–Crippen LogP) is 5.02. The highest BCUT2D eigenvalue weighted by Crippen LogP contribution is 2.32. The Morgan fingerprint density at radius 3 is 1.22 bits per heavy atom. The minimum absolute atomic E-state index is 0.0793. The summed E-state index contributed by atoms with van der Waals surface area (Å²) in [7, 11) is -3.35. The van der Waals surface area contributed by atoms with E-state index in [0.29, 0.717) is 40.4 Å². The van der Waals surface area contributed by atoms with Crippen molar-refractivity contribution >= 4 is 84.9 Å². The van der Waals surface area contributed by atoms with Crippen molar-refractivity contribution in [1.29, 1.82) is 0 Å². The Kier molecular flexibility index (Phi) is 6.21. The first-order valence-electron chi connectivity index (χ1n) is 6.26. The molecule has 0 aliphatic heterocycles. The molecule has 0 aromatic heterocycles. The molecule has 0 aliphatic carbocycles. The number of rotatable bonds is 4. The monoisotopic (exact) mass is 588 g/mol. The number of benzene rings is 2. The van der Waals surface area contributed by atoms with Gasteiger partial charge in [0.05, 0.1) is 22.9 Å². The molecule has 4 N–H and O–H groups in total. The summed E-state index contributed by atoms with van der Waals surface area (Å²) < 4.78 is 27.6. The van der Waals surface area contributed by atoms with Crippen LogP contribution >= 0.6 is 63.7 Å². The zero-order chi connectivity index (χ0) is 17.4. The molecule has 0 spiro atoms. The number of anilines is 2. The third-order valence-corrected chi connectivity index (χ3v) is 7.22. The smallest absolute Gasteiger partial charge is 0.158 e. The summed E-state index contributed by atoms with van der Waals surface area (Å²) in [5.41, 5.74) is 14.0. The highest BCUT2D eigenvalue weighted by molar-refractivity contribution is 9.11. The van der Waals surface area contributed by atoms with Gasteiger partial charge < -0.3 is 11.5 Å². The van der Waals surface area contributed by atoms with E-state index in [9.17, 15) is 8.42 Å². The fourth-order valence-electron chi connectivity index (χ4n) is 2.00. The van der Waals surface area contributed by atoms with E-state index in [1.54, 1.807) is 24.3 Å². The van der Waals surface area contributed by atoms with E-state index in [0.717, 1.165) is 0 Å². The van der Waals surface area contributed by atoms with E-state index in [1.807, 2.05) is 0 Å². The normalized spacial score (nSPS) is 11.7. The van der Waals surface area contributed by atoms with Gasteiger partial charge in [-0.15, -0.1) is 0 Å².